The van der Waals surface area contributed by atoms with Gasteiger partial charge >= 0.3 is 0 Å². The Kier molecular flexibility index (Phi) is 5.73. The summed E-state index contributed by atoms with van der Waals surface area (Å²) in [4.78, 5) is 18.2. The minimum atomic E-state index is -0.0185. The molecular weight excluding hydrogens is 394 g/mol. The molecule has 2 aromatic heterocycles. The van der Waals surface area contributed by atoms with Crippen molar-refractivity contribution in [2.24, 2.45) is 5.92 Å². The summed E-state index contributed by atoms with van der Waals surface area (Å²) in [6.45, 7) is 10.3. The Morgan fingerprint density at radius 1 is 1.10 bits per heavy atom. The van der Waals surface area contributed by atoms with Crippen molar-refractivity contribution in [1.82, 2.24) is 25.3 Å². The van der Waals surface area contributed by atoms with E-state index in [0.29, 0.717) is 4.88 Å². The largest absolute Gasteiger partial charge is 0.349 e. The Bertz CT molecular complexity index is 1080. The molecule has 4 rings (SSSR count). The van der Waals surface area contributed by atoms with Gasteiger partial charge in [-0.1, -0.05) is 18.2 Å². The monoisotopic (exact) mass is 423 g/mol. The maximum Gasteiger partial charge on any atom is 0.263 e. The van der Waals surface area contributed by atoms with Crippen LogP contribution in [-0.2, 0) is 0 Å². The van der Waals surface area contributed by atoms with E-state index in [2.05, 4.69) is 53.5 Å². The Morgan fingerprint density at radius 2 is 1.83 bits per heavy atom. The Hall–Kier alpha value is -2.54. The quantitative estimate of drug-likeness (QED) is 0.645. The molecule has 1 aliphatic carbocycles. The van der Waals surface area contributed by atoms with E-state index in [1.54, 1.807) is 0 Å². The lowest BCUT2D eigenvalue weighted by Gasteiger charge is -2.26. The Labute approximate surface area is 181 Å². The fourth-order valence-electron chi connectivity index (χ4n) is 3.99. The van der Waals surface area contributed by atoms with Crippen molar-refractivity contribution in [2.75, 3.05) is 0 Å². The molecule has 0 bridgehead atoms. The Morgan fingerprint density at radius 3 is 2.53 bits per heavy atom. The lowest BCUT2D eigenvalue weighted by molar-refractivity contribution is 0.0926. The van der Waals surface area contributed by atoms with Crippen LogP contribution in [0.15, 0.2) is 18.2 Å². The van der Waals surface area contributed by atoms with E-state index in [-0.39, 0.29) is 11.9 Å². The van der Waals surface area contributed by atoms with Crippen molar-refractivity contribution < 1.29 is 4.79 Å². The van der Waals surface area contributed by atoms with E-state index in [1.807, 2.05) is 24.6 Å². The molecule has 7 heteroatoms. The van der Waals surface area contributed by atoms with Crippen LogP contribution in [-0.4, -0.2) is 31.9 Å². The van der Waals surface area contributed by atoms with Crippen LogP contribution in [0.5, 0.6) is 0 Å². The van der Waals surface area contributed by atoms with Gasteiger partial charge in [0.15, 0.2) is 0 Å². The van der Waals surface area contributed by atoms with Gasteiger partial charge in [-0.25, -0.2) is 9.67 Å². The van der Waals surface area contributed by atoms with Gasteiger partial charge in [0.2, 0.25) is 0 Å². The minimum Gasteiger partial charge on any atom is -0.349 e. The van der Waals surface area contributed by atoms with Gasteiger partial charge in [0.05, 0.1) is 17.1 Å². The number of nitrogens with zero attached hydrogens (tertiary/aromatic N) is 4. The zero-order valence-electron chi connectivity index (χ0n) is 18.3. The number of thiazole rings is 1. The number of nitrogens with one attached hydrogen (secondary N) is 1. The Balaban J connectivity index is 1.56. The average molecular weight is 424 g/mol. The predicted molar refractivity (Wildman–Crippen MR) is 120 cm³/mol. The predicted octanol–water partition coefficient (Wildman–Crippen LogP) is 4.93. The smallest absolute Gasteiger partial charge is 0.263 e. The molecule has 0 radical (unpaired) electrons. The molecule has 1 amide bonds. The van der Waals surface area contributed by atoms with Crippen LogP contribution >= 0.6 is 11.3 Å². The number of hydrogen-bond donors (Lipinski definition) is 1. The molecule has 2 heterocycles. The number of carbonyl (C=O) groups is 1. The van der Waals surface area contributed by atoms with E-state index < -0.39 is 0 Å². The second-order valence-corrected chi connectivity index (χ2v) is 9.57. The third kappa shape index (κ3) is 4.03. The molecule has 0 spiro atoms. The van der Waals surface area contributed by atoms with Crippen molar-refractivity contribution in [3.8, 4) is 16.4 Å². The minimum absolute atomic E-state index is 0.0185. The van der Waals surface area contributed by atoms with E-state index >= 15 is 0 Å². The highest BCUT2D eigenvalue weighted by Gasteiger charge is 2.24. The summed E-state index contributed by atoms with van der Waals surface area (Å²) in [6.07, 6.45) is 4.47. The number of hydrogen-bond acceptors (Lipinski definition) is 5. The zero-order chi connectivity index (χ0) is 21.4. The van der Waals surface area contributed by atoms with E-state index in [1.165, 1.54) is 35.3 Å². The van der Waals surface area contributed by atoms with Gasteiger partial charge in [-0.15, -0.1) is 16.4 Å². The first kappa shape index (κ1) is 20.7. The van der Waals surface area contributed by atoms with Gasteiger partial charge in [0.25, 0.3) is 5.91 Å². The molecule has 1 aliphatic rings. The molecule has 6 nitrogen and oxygen atoms in total. The molecule has 0 atom stereocenters. The molecule has 1 N–H and O–H groups in total. The van der Waals surface area contributed by atoms with Gasteiger partial charge in [-0.2, -0.15) is 0 Å². The molecule has 158 valence electrons. The van der Waals surface area contributed by atoms with Crippen molar-refractivity contribution in [3.05, 3.63) is 45.6 Å². The fraction of sp³-hybridized carbons (Fsp3) is 0.478. The van der Waals surface area contributed by atoms with Crippen LogP contribution in [0.2, 0.25) is 0 Å². The number of benzene rings is 1. The van der Waals surface area contributed by atoms with E-state index in [4.69, 9.17) is 0 Å². The lowest BCUT2D eigenvalue weighted by atomic mass is 9.87. The molecule has 0 unspecified atom stereocenters. The highest BCUT2D eigenvalue weighted by molar-refractivity contribution is 7.17. The van der Waals surface area contributed by atoms with Gasteiger partial charge < -0.3 is 5.32 Å². The highest BCUT2D eigenvalue weighted by Crippen LogP contribution is 2.30. The zero-order valence-corrected chi connectivity index (χ0v) is 19.1. The maximum atomic E-state index is 12.9. The summed E-state index contributed by atoms with van der Waals surface area (Å²) >= 11 is 1.40. The summed E-state index contributed by atoms with van der Waals surface area (Å²) in [5.41, 5.74) is 5.83. The normalized spacial score (nSPS) is 19.1. The number of rotatable bonds is 4. The average Bonchev–Trinajstić information content (AvgIpc) is 3.28. The van der Waals surface area contributed by atoms with Crippen LogP contribution in [0.1, 0.15) is 64.8 Å². The molecule has 3 aromatic rings. The number of carbonyl (C=O) groups excluding carboxylic acids is 1. The molecular formula is C23H29N5OS. The lowest BCUT2D eigenvalue weighted by Crippen LogP contribution is -2.37. The van der Waals surface area contributed by atoms with Crippen LogP contribution in [0.4, 0.5) is 0 Å². The third-order valence-electron chi connectivity index (χ3n) is 6.19. The van der Waals surface area contributed by atoms with Crippen molar-refractivity contribution in [3.63, 3.8) is 0 Å². The van der Waals surface area contributed by atoms with Gasteiger partial charge in [-0.05, 0) is 82.6 Å². The second kappa shape index (κ2) is 8.30. The summed E-state index contributed by atoms with van der Waals surface area (Å²) in [5, 5.41) is 12.7. The van der Waals surface area contributed by atoms with Crippen LogP contribution in [0.3, 0.4) is 0 Å². The molecule has 1 aromatic carbocycles. The first-order valence-electron chi connectivity index (χ1n) is 10.6. The molecule has 30 heavy (non-hydrogen) atoms. The van der Waals surface area contributed by atoms with Gasteiger partial charge in [0, 0.05) is 6.04 Å². The summed E-state index contributed by atoms with van der Waals surface area (Å²) in [5.74, 6) is 0.743. The summed E-state index contributed by atoms with van der Waals surface area (Å²) in [7, 11) is 0. The molecule has 0 saturated heterocycles. The second-order valence-electron chi connectivity index (χ2n) is 8.57. The third-order valence-corrected chi connectivity index (χ3v) is 7.35. The number of amides is 1. The number of aryl methyl sites for hydroxylation is 3. The topological polar surface area (TPSA) is 72.7 Å². The first-order valence-corrected chi connectivity index (χ1v) is 11.4. The summed E-state index contributed by atoms with van der Waals surface area (Å²) < 4.78 is 1.83. The first-order chi connectivity index (χ1) is 14.3. The molecule has 1 saturated carbocycles. The van der Waals surface area contributed by atoms with E-state index in [0.717, 1.165) is 46.5 Å². The fourth-order valence-corrected chi connectivity index (χ4v) is 5.00. The molecule has 0 aliphatic heterocycles. The SMILES string of the molecule is Cc1ccc(-n2nnc(-c3nc(C)c(C(=O)NC4CCC(C)CC4)s3)c2C)cc1C. The molecule has 1 fully saturated rings. The van der Waals surface area contributed by atoms with Crippen LogP contribution in [0, 0.1) is 33.6 Å². The van der Waals surface area contributed by atoms with Crippen LogP contribution < -0.4 is 5.32 Å². The van der Waals surface area contributed by atoms with E-state index in [9.17, 15) is 4.79 Å². The van der Waals surface area contributed by atoms with Crippen molar-refractivity contribution >= 4 is 17.2 Å². The van der Waals surface area contributed by atoms with Crippen molar-refractivity contribution in [1.29, 1.82) is 0 Å². The van der Waals surface area contributed by atoms with Crippen molar-refractivity contribution in [2.45, 2.75) is 66.3 Å². The van der Waals surface area contributed by atoms with Gasteiger partial charge in [-0.3, -0.25) is 4.79 Å². The van der Waals surface area contributed by atoms with Crippen LogP contribution in [0.25, 0.3) is 16.4 Å². The van der Waals surface area contributed by atoms with Gasteiger partial charge in [0.1, 0.15) is 15.6 Å². The standard InChI is InChI=1S/C23H29N5OS/c1-13-6-9-18(10-7-13)25-22(29)21-16(4)24-23(30-21)20-17(5)28(27-26-20)19-11-8-14(2)15(3)12-19/h8,11-13,18H,6-7,9-10H2,1-5H3,(H,25,29). The maximum absolute atomic E-state index is 12.9. The summed E-state index contributed by atoms with van der Waals surface area (Å²) in [6, 6.07) is 6.52. The highest BCUT2D eigenvalue weighted by atomic mass is 32.1. The number of aromatic nitrogens is 4.